The van der Waals surface area contributed by atoms with E-state index in [0.717, 1.165) is 0 Å². The highest BCUT2D eigenvalue weighted by Crippen LogP contribution is 2.13. The van der Waals surface area contributed by atoms with Gasteiger partial charge in [0.25, 0.3) is 0 Å². The van der Waals surface area contributed by atoms with E-state index >= 15 is 0 Å². The molecule has 0 spiro atoms. The monoisotopic (exact) mass is 156 g/mol. The topological polar surface area (TPSA) is 23.6 Å². The van der Waals surface area contributed by atoms with Crippen LogP contribution in [0.25, 0.3) is 0 Å². The maximum absolute atomic E-state index is 11.2. The molecular formula is C8H16N2O. The van der Waals surface area contributed by atoms with Gasteiger partial charge in [-0.05, 0) is 20.9 Å². The van der Waals surface area contributed by atoms with Gasteiger partial charge in [0.1, 0.15) is 0 Å². The van der Waals surface area contributed by atoms with Gasteiger partial charge in [0, 0.05) is 19.1 Å². The fourth-order valence-electron chi connectivity index (χ4n) is 1.39. The van der Waals surface area contributed by atoms with Crippen LogP contribution in [-0.4, -0.2) is 48.4 Å². The summed E-state index contributed by atoms with van der Waals surface area (Å²) < 4.78 is 0. The van der Waals surface area contributed by atoms with Crippen molar-refractivity contribution in [2.45, 2.75) is 25.9 Å². The van der Waals surface area contributed by atoms with Gasteiger partial charge in [-0.3, -0.25) is 9.69 Å². The van der Waals surface area contributed by atoms with E-state index in [2.05, 4.69) is 18.7 Å². The number of hydrogen-bond donors (Lipinski definition) is 0. The van der Waals surface area contributed by atoms with Gasteiger partial charge in [0.15, 0.2) is 0 Å². The van der Waals surface area contributed by atoms with Gasteiger partial charge in [-0.1, -0.05) is 0 Å². The molecule has 0 unspecified atom stereocenters. The largest absolute Gasteiger partial charge is 0.340 e. The summed E-state index contributed by atoms with van der Waals surface area (Å²) >= 11 is 0. The second-order valence-corrected chi connectivity index (χ2v) is 3.40. The zero-order valence-corrected chi connectivity index (χ0v) is 7.66. The van der Waals surface area contributed by atoms with Gasteiger partial charge in [-0.2, -0.15) is 0 Å². The lowest BCUT2D eigenvalue weighted by atomic mass is 10.1. The van der Waals surface area contributed by atoms with E-state index in [1.807, 2.05) is 19.0 Å². The number of rotatable bonds is 0. The molecule has 0 bridgehead atoms. The van der Waals surface area contributed by atoms with E-state index in [1.54, 1.807) is 0 Å². The molecule has 0 saturated carbocycles. The van der Waals surface area contributed by atoms with E-state index < -0.39 is 0 Å². The van der Waals surface area contributed by atoms with E-state index in [9.17, 15) is 4.79 Å². The van der Waals surface area contributed by atoms with Crippen molar-refractivity contribution in [1.82, 2.24) is 9.80 Å². The minimum atomic E-state index is 0.220. The summed E-state index contributed by atoms with van der Waals surface area (Å²) in [5.74, 6) is 0.220. The van der Waals surface area contributed by atoms with Crippen LogP contribution in [0.1, 0.15) is 13.8 Å². The Morgan fingerprint density at radius 2 is 1.82 bits per heavy atom. The molecular weight excluding hydrogens is 140 g/mol. The molecule has 1 saturated heterocycles. The van der Waals surface area contributed by atoms with Gasteiger partial charge in [0.2, 0.25) is 5.91 Å². The SMILES string of the molecule is C[C@@H]1[C@H](C)N(C)CC(=O)N1C. The zero-order valence-electron chi connectivity index (χ0n) is 7.66. The first-order valence-electron chi connectivity index (χ1n) is 4.00. The molecule has 3 nitrogen and oxygen atoms in total. The van der Waals surface area contributed by atoms with Gasteiger partial charge in [0.05, 0.1) is 6.54 Å². The van der Waals surface area contributed by atoms with Gasteiger partial charge < -0.3 is 4.90 Å². The van der Waals surface area contributed by atoms with Crippen molar-refractivity contribution in [3.63, 3.8) is 0 Å². The third-order valence-electron chi connectivity index (χ3n) is 2.78. The number of piperazine rings is 1. The smallest absolute Gasteiger partial charge is 0.236 e. The summed E-state index contributed by atoms with van der Waals surface area (Å²) in [7, 11) is 3.86. The van der Waals surface area contributed by atoms with Crippen LogP contribution < -0.4 is 0 Å². The van der Waals surface area contributed by atoms with Crippen molar-refractivity contribution >= 4 is 5.91 Å². The van der Waals surface area contributed by atoms with E-state index in [4.69, 9.17) is 0 Å². The second-order valence-electron chi connectivity index (χ2n) is 3.40. The molecule has 1 heterocycles. The Morgan fingerprint density at radius 1 is 1.27 bits per heavy atom. The summed E-state index contributed by atoms with van der Waals surface area (Å²) in [4.78, 5) is 15.2. The Morgan fingerprint density at radius 3 is 2.36 bits per heavy atom. The third-order valence-corrected chi connectivity index (χ3v) is 2.78. The molecule has 1 rings (SSSR count). The minimum Gasteiger partial charge on any atom is -0.340 e. The fourth-order valence-corrected chi connectivity index (χ4v) is 1.39. The standard InChI is InChI=1S/C8H16N2O/c1-6-7(2)10(4)8(11)5-9(6)3/h6-7H,5H2,1-4H3/t6-,7+/m0/s1. The summed E-state index contributed by atoms with van der Waals surface area (Å²) in [6.07, 6.45) is 0. The first-order valence-corrected chi connectivity index (χ1v) is 4.00. The van der Waals surface area contributed by atoms with Crippen LogP contribution in [0.3, 0.4) is 0 Å². The Balaban J connectivity index is 2.70. The summed E-state index contributed by atoms with van der Waals surface area (Å²) in [5.41, 5.74) is 0. The van der Waals surface area contributed by atoms with Crippen LogP contribution in [0.4, 0.5) is 0 Å². The van der Waals surface area contributed by atoms with Crippen LogP contribution in [0.15, 0.2) is 0 Å². The third kappa shape index (κ3) is 1.38. The Kier molecular flexibility index (Phi) is 2.18. The van der Waals surface area contributed by atoms with Crippen molar-refractivity contribution in [2.24, 2.45) is 0 Å². The quantitative estimate of drug-likeness (QED) is 0.499. The van der Waals surface area contributed by atoms with Crippen molar-refractivity contribution < 1.29 is 4.79 Å². The first kappa shape index (κ1) is 8.53. The molecule has 0 aliphatic carbocycles. The molecule has 11 heavy (non-hydrogen) atoms. The number of hydrogen-bond acceptors (Lipinski definition) is 2. The Bertz CT molecular complexity index is 169. The van der Waals surface area contributed by atoms with Crippen LogP contribution in [0.5, 0.6) is 0 Å². The number of carbonyl (C=O) groups excluding carboxylic acids is 1. The number of likely N-dealkylation sites (N-methyl/N-ethyl adjacent to an activating group) is 2. The van der Waals surface area contributed by atoms with Gasteiger partial charge in [-0.15, -0.1) is 0 Å². The maximum atomic E-state index is 11.2. The maximum Gasteiger partial charge on any atom is 0.236 e. The molecule has 64 valence electrons. The molecule has 1 amide bonds. The summed E-state index contributed by atoms with van der Waals surface area (Å²) in [5, 5.41) is 0. The first-order chi connectivity index (χ1) is 5.04. The summed E-state index contributed by atoms with van der Waals surface area (Å²) in [6.45, 7) is 4.79. The van der Waals surface area contributed by atoms with Crippen molar-refractivity contribution in [3.8, 4) is 0 Å². The molecule has 0 radical (unpaired) electrons. The average Bonchev–Trinajstić information content (AvgIpc) is 1.97. The molecule has 1 aliphatic heterocycles. The van der Waals surface area contributed by atoms with Gasteiger partial charge in [-0.25, -0.2) is 0 Å². The zero-order chi connectivity index (χ0) is 8.59. The highest BCUT2D eigenvalue weighted by molar-refractivity contribution is 5.79. The minimum absolute atomic E-state index is 0.220. The highest BCUT2D eigenvalue weighted by atomic mass is 16.2. The van der Waals surface area contributed by atoms with Crippen molar-refractivity contribution in [2.75, 3.05) is 20.6 Å². The van der Waals surface area contributed by atoms with Crippen molar-refractivity contribution in [3.05, 3.63) is 0 Å². The normalized spacial score (nSPS) is 34.5. The van der Waals surface area contributed by atoms with Crippen LogP contribution in [0, 0.1) is 0 Å². The number of carbonyl (C=O) groups is 1. The second kappa shape index (κ2) is 2.81. The van der Waals surface area contributed by atoms with E-state index in [-0.39, 0.29) is 5.91 Å². The van der Waals surface area contributed by atoms with Crippen LogP contribution in [-0.2, 0) is 4.79 Å². The Hall–Kier alpha value is -0.570. The molecule has 1 aliphatic rings. The van der Waals surface area contributed by atoms with Gasteiger partial charge >= 0.3 is 0 Å². The highest BCUT2D eigenvalue weighted by Gasteiger charge is 2.30. The molecule has 0 N–H and O–H groups in total. The molecule has 1 fully saturated rings. The average molecular weight is 156 g/mol. The van der Waals surface area contributed by atoms with E-state index in [0.29, 0.717) is 18.6 Å². The molecule has 3 heteroatoms. The molecule has 0 aromatic heterocycles. The molecule has 2 atom stereocenters. The predicted octanol–water partition coefficient (Wildman–Crippen LogP) is 0.167. The predicted molar refractivity (Wildman–Crippen MR) is 44.3 cm³/mol. The summed E-state index contributed by atoms with van der Waals surface area (Å²) in [6, 6.07) is 0.805. The Labute approximate surface area is 68.0 Å². The number of amides is 1. The lowest BCUT2D eigenvalue weighted by Gasteiger charge is -2.41. The fraction of sp³-hybridized carbons (Fsp3) is 0.875. The van der Waals surface area contributed by atoms with Crippen LogP contribution in [0.2, 0.25) is 0 Å². The lowest BCUT2D eigenvalue weighted by molar-refractivity contribution is -0.139. The lowest BCUT2D eigenvalue weighted by Crippen LogP contribution is -2.57. The van der Waals surface area contributed by atoms with Crippen molar-refractivity contribution in [1.29, 1.82) is 0 Å². The van der Waals surface area contributed by atoms with Crippen LogP contribution >= 0.6 is 0 Å². The molecule has 0 aromatic rings. The molecule has 0 aromatic carbocycles. The van der Waals surface area contributed by atoms with E-state index in [1.165, 1.54) is 0 Å². The number of nitrogens with zero attached hydrogens (tertiary/aromatic N) is 2.